The van der Waals surface area contributed by atoms with Crippen LogP contribution in [0.2, 0.25) is 0 Å². The van der Waals surface area contributed by atoms with Crippen LogP contribution in [0.3, 0.4) is 0 Å². The van der Waals surface area contributed by atoms with Gasteiger partial charge in [-0.3, -0.25) is 9.59 Å². The summed E-state index contributed by atoms with van der Waals surface area (Å²) in [5.41, 5.74) is 0. The van der Waals surface area contributed by atoms with E-state index in [-0.39, 0.29) is 12.1 Å². The van der Waals surface area contributed by atoms with Gasteiger partial charge in [0.2, 0.25) is 0 Å². The fourth-order valence-corrected chi connectivity index (χ4v) is 4.15. The molecule has 0 bridgehead atoms. The zero-order chi connectivity index (χ0) is 21.3. The Bertz CT molecular complexity index is 471. The Kier molecular flexibility index (Phi) is 14.6. The fourth-order valence-electron chi connectivity index (χ4n) is 4.15. The first-order valence-electron chi connectivity index (χ1n) is 12.2. The molecule has 168 valence electrons. The van der Waals surface area contributed by atoms with E-state index in [1.165, 1.54) is 57.8 Å². The van der Waals surface area contributed by atoms with Gasteiger partial charge in [-0.15, -0.1) is 0 Å². The van der Waals surface area contributed by atoms with Crippen LogP contribution in [0.25, 0.3) is 0 Å². The van der Waals surface area contributed by atoms with Gasteiger partial charge in [-0.25, -0.2) is 0 Å². The minimum Gasteiger partial charge on any atom is -0.481 e. The van der Waals surface area contributed by atoms with Gasteiger partial charge in [0.1, 0.15) is 6.10 Å². The highest BCUT2D eigenvalue weighted by Gasteiger charge is 2.36. The molecule has 0 aromatic carbocycles. The summed E-state index contributed by atoms with van der Waals surface area (Å²) in [5.74, 6) is -2.38. The van der Waals surface area contributed by atoms with Crippen molar-refractivity contribution in [2.45, 2.75) is 123 Å². The van der Waals surface area contributed by atoms with Crippen molar-refractivity contribution in [3.63, 3.8) is 0 Å². The number of aliphatic carboxylic acids is 1. The molecule has 1 rings (SSSR count). The standard InChI is InChI=1S/C25H44O4/c1-3-5-7-8-9-10-11-12-13-14-18-21(17-6-4-2)29-25(28)23-20-16-15-19-22(23)24(26)27/h15-16,21-23H,3-14,17-20H2,1-2H3,(H,26,27). The molecule has 4 heteroatoms. The van der Waals surface area contributed by atoms with Gasteiger partial charge in [0.25, 0.3) is 0 Å². The molecule has 1 aliphatic rings. The SMILES string of the molecule is CCCCCCCCCCCCC(CCCC)OC(=O)C1CC=CCC1C(=O)O. The number of carbonyl (C=O) groups is 2. The summed E-state index contributed by atoms with van der Waals surface area (Å²) in [7, 11) is 0. The van der Waals surface area contributed by atoms with Crippen LogP contribution >= 0.6 is 0 Å². The molecular formula is C25H44O4. The normalized spacial score (nSPS) is 19.8. The summed E-state index contributed by atoms with van der Waals surface area (Å²) in [4.78, 5) is 24.1. The van der Waals surface area contributed by atoms with Crippen molar-refractivity contribution in [2.24, 2.45) is 11.8 Å². The number of esters is 1. The van der Waals surface area contributed by atoms with Crippen molar-refractivity contribution in [3.8, 4) is 0 Å². The number of allylic oxidation sites excluding steroid dienone is 2. The summed E-state index contributed by atoms with van der Waals surface area (Å²) in [5, 5.41) is 9.40. The molecule has 4 nitrogen and oxygen atoms in total. The fraction of sp³-hybridized carbons (Fsp3) is 0.840. The molecule has 0 aliphatic heterocycles. The highest BCUT2D eigenvalue weighted by atomic mass is 16.5. The Labute approximate surface area is 178 Å². The molecule has 0 aromatic heterocycles. The Balaban J connectivity index is 2.29. The minimum atomic E-state index is -0.892. The maximum absolute atomic E-state index is 12.6. The topological polar surface area (TPSA) is 63.6 Å². The smallest absolute Gasteiger partial charge is 0.310 e. The maximum Gasteiger partial charge on any atom is 0.310 e. The number of carboxylic acid groups (broad SMARTS) is 1. The summed E-state index contributed by atoms with van der Waals surface area (Å²) < 4.78 is 5.82. The molecule has 0 radical (unpaired) electrons. The Morgan fingerprint density at radius 2 is 1.28 bits per heavy atom. The highest BCUT2D eigenvalue weighted by molar-refractivity contribution is 5.81. The predicted octanol–water partition coefficient (Wildman–Crippen LogP) is 7.07. The molecule has 0 spiro atoms. The van der Waals surface area contributed by atoms with E-state index in [1.54, 1.807) is 0 Å². The zero-order valence-corrected chi connectivity index (χ0v) is 18.9. The molecular weight excluding hydrogens is 364 g/mol. The summed E-state index contributed by atoms with van der Waals surface area (Å²) in [6.07, 6.45) is 21.5. The van der Waals surface area contributed by atoms with Crippen LogP contribution in [0, 0.1) is 11.8 Å². The largest absolute Gasteiger partial charge is 0.481 e. The average molecular weight is 409 g/mol. The second kappa shape index (κ2) is 16.5. The Morgan fingerprint density at radius 3 is 1.83 bits per heavy atom. The van der Waals surface area contributed by atoms with E-state index >= 15 is 0 Å². The first-order chi connectivity index (χ1) is 14.1. The molecule has 3 unspecified atom stereocenters. The average Bonchev–Trinajstić information content (AvgIpc) is 2.72. The summed E-state index contributed by atoms with van der Waals surface area (Å²) in [6.45, 7) is 4.40. The van der Waals surface area contributed by atoms with E-state index in [9.17, 15) is 14.7 Å². The van der Waals surface area contributed by atoms with Crippen LogP contribution in [0.15, 0.2) is 12.2 Å². The first-order valence-corrected chi connectivity index (χ1v) is 12.2. The number of unbranched alkanes of at least 4 members (excludes halogenated alkanes) is 10. The number of carboxylic acids is 1. The molecule has 0 saturated heterocycles. The predicted molar refractivity (Wildman–Crippen MR) is 119 cm³/mol. The van der Waals surface area contributed by atoms with Gasteiger partial charge < -0.3 is 9.84 Å². The quantitative estimate of drug-likeness (QED) is 0.159. The molecule has 0 amide bonds. The zero-order valence-electron chi connectivity index (χ0n) is 18.9. The van der Waals surface area contributed by atoms with E-state index in [1.807, 2.05) is 12.2 Å². The van der Waals surface area contributed by atoms with Gasteiger partial charge in [-0.2, -0.15) is 0 Å². The van der Waals surface area contributed by atoms with Gasteiger partial charge in [0.15, 0.2) is 0 Å². The van der Waals surface area contributed by atoms with Crippen LogP contribution in [-0.2, 0) is 14.3 Å². The van der Waals surface area contributed by atoms with E-state index < -0.39 is 17.8 Å². The third-order valence-corrected chi connectivity index (χ3v) is 6.09. The second-order valence-electron chi connectivity index (χ2n) is 8.67. The number of carbonyl (C=O) groups excluding carboxylic acids is 1. The second-order valence-corrected chi connectivity index (χ2v) is 8.67. The van der Waals surface area contributed by atoms with E-state index in [4.69, 9.17) is 4.74 Å². The molecule has 1 aliphatic carbocycles. The first kappa shape index (κ1) is 25.7. The van der Waals surface area contributed by atoms with Gasteiger partial charge in [-0.05, 0) is 32.1 Å². The molecule has 0 saturated carbocycles. The number of rotatable bonds is 17. The molecule has 0 fully saturated rings. The Hall–Kier alpha value is -1.32. The van der Waals surface area contributed by atoms with E-state index in [2.05, 4.69) is 13.8 Å². The molecule has 0 heterocycles. The third kappa shape index (κ3) is 11.4. The summed E-state index contributed by atoms with van der Waals surface area (Å²) in [6, 6.07) is 0. The summed E-state index contributed by atoms with van der Waals surface area (Å²) >= 11 is 0. The maximum atomic E-state index is 12.6. The number of hydrogen-bond acceptors (Lipinski definition) is 3. The van der Waals surface area contributed by atoms with Gasteiger partial charge in [0.05, 0.1) is 11.8 Å². The van der Waals surface area contributed by atoms with Crippen LogP contribution in [0.1, 0.15) is 117 Å². The highest BCUT2D eigenvalue weighted by Crippen LogP contribution is 2.28. The van der Waals surface area contributed by atoms with Crippen molar-refractivity contribution in [1.82, 2.24) is 0 Å². The van der Waals surface area contributed by atoms with Gasteiger partial charge in [-0.1, -0.05) is 96.6 Å². The van der Waals surface area contributed by atoms with Crippen molar-refractivity contribution >= 4 is 11.9 Å². The lowest BCUT2D eigenvalue weighted by atomic mass is 9.83. The third-order valence-electron chi connectivity index (χ3n) is 6.09. The lowest BCUT2D eigenvalue weighted by Crippen LogP contribution is -2.34. The molecule has 1 N–H and O–H groups in total. The van der Waals surface area contributed by atoms with Crippen LogP contribution < -0.4 is 0 Å². The molecule has 29 heavy (non-hydrogen) atoms. The number of ether oxygens (including phenoxy) is 1. The van der Waals surface area contributed by atoms with Crippen LogP contribution in [0.4, 0.5) is 0 Å². The van der Waals surface area contributed by atoms with Crippen LogP contribution in [0.5, 0.6) is 0 Å². The van der Waals surface area contributed by atoms with Gasteiger partial charge >= 0.3 is 11.9 Å². The van der Waals surface area contributed by atoms with Crippen molar-refractivity contribution < 1.29 is 19.4 Å². The Morgan fingerprint density at radius 1 is 0.793 bits per heavy atom. The van der Waals surface area contributed by atoms with Crippen molar-refractivity contribution in [3.05, 3.63) is 12.2 Å². The molecule has 3 atom stereocenters. The lowest BCUT2D eigenvalue weighted by Gasteiger charge is -2.26. The minimum absolute atomic E-state index is 0.0585. The van der Waals surface area contributed by atoms with Crippen molar-refractivity contribution in [1.29, 1.82) is 0 Å². The van der Waals surface area contributed by atoms with E-state index in [0.717, 1.165) is 32.1 Å². The van der Waals surface area contributed by atoms with Gasteiger partial charge in [0, 0.05) is 0 Å². The van der Waals surface area contributed by atoms with Crippen LogP contribution in [-0.4, -0.2) is 23.1 Å². The monoisotopic (exact) mass is 408 g/mol. The number of hydrogen-bond donors (Lipinski definition) is 1. The molecule has 0 aromatic rings. The van der Waals surface area contributed by atoms with E-state index in [0.29, 0.717) is 12.8 Å². The van der Waals surface area contributed by atoms with Crippen molar-refractivity contribution in [2.75, 3.05) is 0 Å². The lowest BCUT2D eigenvalue weighted by molar-refractivity contribution is -0.162.